The average Bonchev–Trinajstić information content (AvgIpc) is 3.02. The lowest BCUT2D eigenvalue weighted by Crippen LogP contribution is -2.37. The van der Waals surface area contributed by atoms with Crippen LogP contribution in [0.4, 0.5) is 4.39 Å². The van der Waals surface area contributed by atoms with E-state index >= 15 is 0 Å². The molecular formula is C17H26FIN6O. The zero-order valence-electron chi connectivity index (χ0n) is 15.1. The van der Waals surface area contributed by atoms with Crippen molar-refractivity contribution in [3.8, 4) is 5.75 Å². The molecule has 0 bridgehead atoms. The minimum atomic E-state index is -0.256. The van der Waals surface area contributed by atoms with Gasteiger partial charge in [-0.25, -0.2) is 14.4 Å². The van der Waals surface area contributed by atoms with Gasteiger partial charge >= 0.3 is 0 Å². The zero-order chi connectivity index (χ0) is 17.9. The number of benzene rings is 1. The zero-order valence-corrected chi connectivity index (χ0v) is 17.4. The molecule has 1 heterocycles. The normalized spacial score (nSPS) is 11.0. The number of halogens is 2. The first-order chi connectivity index (χ1) is 12.2. The van der Waals surface area contributed by atoms with Gasteiger partial charge in [-0.1, -0.05) is 0 Å². The topological polar surface area (TPSA) is 76.4 Å². The summed E-state index contributed by atoms with van der Waals surface area (Å²) in [5, 5.41) is 10.5. The van der Waals surface area contributed by atoms with Crippen LogP contribution in [-0.4, -0.2) is 40.4 Å². The maximum absolute atomic E-state index is 12.8. The number of nitrogens with one attached hydrogen (secondary N) is 2. The van der Waals surface area contributed by atoms with E-state index in [2.05, 4.69) is 25.7 Å². The molecule has 0 unspecified atom stereocenters. The predicted molar refractivity (Wildman–Crippen MR) is 110 cm³/mol. The molecule has 26 heavy (non-hydrogen) atoms. The summed E-state index contributed by atoms with van der Waals surface area (Å²) in [7, 11) is 1.85. The van der Waals surface area contributed by atoms with Crippen LogP contribution in [0.3, 0.4) is 0 Å². The molecular weight excluding hydrogens is 450 g/mol. The Labute approximate surface area is 170 Å². The van der Waals surface area contributed by atoms with Crippen LogP contribution in [0.15, 0.2) is 35.6 Å². The van der Waals surface area contributed by atoms with E-state index in [4.69, 9.17) is 4.74 Å². The number of ether oxygens (including phenoxy) is 1. The minimum absolute atomic E-state index is 0. The van der Waals surface area contributed by atoms with Gasteiger partial charge in [-0.2, -0.15) is 5.10 Å². The quantitative estimate of drug-likeness (QED) is 0.252. The van der Waals surface area contributed by atoms with Crippen molar-refractivity contribution in [2.75, 3.05) is 19.7 Å². The van der Waals surface area contributed by atoms with Gasteiger partial charge in [0.15, 0.2) is 5.96 Å². The van der Waals surface area contributed by atoms with Crippen LogP contribution in [0.5, 0.6) is 5.75 Å². The summed E-state index contributed by atoms with van der Waals surface area (Å²) in [4.78, 5) is 8.65. The van der Waals surface area contributed by atoms with E-state index in [9.17, 15) is 4.39 Å². The Kier molecular flexibility index (Phi) is 10.6. The summed E-state index contributed by atoms with van der Waals surface area (Å²) < 4.78 is 20.1. The van der Waals surface area contributed by atoms with Crippen molar-refractivity contribution < 1.29 is 9.13 Å². The summed E-state index contributed by atoms with van der Waals surface area (Å²) in [5.41, 5.74) is 0. The van der Waals surface area contributed by atoms with Crippen LogP contribution < -0.4 is 15.4 Å². The molecule has 1 aromatic carbocycles. The number of aromatic nitrogens is 3. The monoisotopic (exact) mass is 476 g/mol. The molecule has 0 aliphatic heterocycles. The second-order valence-corrected chi connectivity index (χ2v) is 5.43. The lowest BCUT2D eigenvalue weighted by Gasteiger charge is -2.11. The van der Waals surface area contributed by atoms with Crippen molar-refractivity contribution >= 4 is 29.9 Å². The first-order valence-electron chi connectivity index (χ1n) is 8.42. The van der Waals surface area contributed by atoms with Gasteiger partial charge in [-0.3, -0.25) is 4.68 Å². The SMILES string of the molecule is CCNC(=NCc1ncnn1C)NCCCCOc1ccc(F)cc1.I. The Morgan fingerprint density at radius 3 is 2.65 bits per heavy atom. The number of unbranched alkanes of at least 4 members (excludes halogenated alkanes) is 1. The second kappa shape index (κ2) is 12.4. The molecule has 0 radical (unpaired) electrons. The number of nitrogens with zero attached hydrogens (tertiary/aromatic N) is 4. The van der Waals surface area contributed by atoms with Crippen molar-refractivity contribution in [3.63, 3.8) is 0 Å². The molecule has 7 nitrogen and oxygen atoms in total. The summed E-state index contributed by atoms with van der Waals surface area (Å²) >= 11 is 0. The van der Waals surface area contributed by atoms with Crippen LogP contribution in [0, 0.1) is 5.82 Å². The number of rotatable bonds is 9. The fourth-order valence-corrected chi connectivity index (χ4v) is 2.11. The molecule has 0 aliphatic carbocycles. The van der Waals surface area contributed by atoms with Gasteiger partial charge in [0, 0.05) is 20.1 Å². The molecule has 2 N–H and O–H groups in total. The Bertz CT molecular complexity index is 662. The Morgan fingerprint density at radius 1 is 1.23 bits per heavy atom. The van der Waals surface area contributed by atoms with E-state index < -0.39 is 0 Å². The highest BCUT2D eigenvalue weighted by molar-refractivity contribution is 14.0. The van der Waals surface area contributed by atoms with Crippen LogP contribution in [0.25, 0.3) is 0 Å². The highest BCUT2D eigenvalue weighted by atomic mass is 127. The van der Waals surface area contributed by atoms with E-state index in [-0.39, 0.29) is 29.8 Å². The van der Waals surface area contributed by atoms with Crippen molar-refractivity contribution in [2.24, 2.45) is 12.0 Å². The third-order valence-corrected chi connectivity index (χ3v) is 3.47. The summed E-state index contributed by atoms with van der Waals surface area (Å²) in [6, 6.07) is 6.06. The molecule has 0 saturated heterocycles. The van der Waals surface area contributed by atoms with Gasteiger partial charge in [0.25, 0.3) is 0 Å². The van der Waals surface area contributed by atoms with Crippen molar-refractivity contribution in [3.05, 3.63) is 42.2 Å². The van der Waals surface area contributed by atoms with Gasteiger partial charge < -0.3 is 15.4 Å². The molecule has 144 valence electrons. The first kappa shape index (κ1) is 22.1. The predicted octanol–water partition coefficient (Wildman–Crippen LogP) is 2.49. The molecule has 2 rings (SSSR count). The number of hydrogen-bond acceptors (Lipinski definition) is 4. The molecule has 0 spiro atoms. The maximum atomic E-state index is 12.8. The lowest BCUT2D eigenvalue weighted by atomic mass is 10.3. The van der Waals surface area contributed by atoms with Crippen molar-refractivity contribution in [1.82, 2.24) is 25.4 Å². The van der Waals surface area contributed by atoms with Gasteiger partial charge in [-0.05, 0) is 44.0 Å². The first-order valence-corrected chi connectivity index (χ1v) is 8.42. The highest BCUT2D eigenvalue weighted by Gasteiger charge is 2.01. The Balaban J connectivity index is 0.00000338. The molecule has 0 atom stereocenters. The van der Waals surface area contributed by atoms with E-state index in [0.717, 1.165) is 37.7 Å². The summed E-state index contributed by atoms with van der Waals surface area (Å²) in [6.07, 6.45) is 3.36. The number of hydrogen-bond donors (Lipinski definition) is 2. The minimum Gasteiger partial charge on any atom is -0.494 e. The number of guanidine groups is 1. The molecule has 0 amide bonds. The second-order valence-electron chi connectivity index (χ2n) is 5.43. The number of aliphatic imine (C=N–C) groups is 1. The van der Waals surface area contributed by atoms with Crippen LogP contribution in [0.2, 0.25) is 0 Å². The summed E-state index contributed by atoms with van der Waals surface area (Å²) in [6.45, 7) is 4.67. The van der Waals surface area contributed by atoms with Gasteiger partial charge in [0.2, 0.25) is 0 Å². The molecule has 0 saturated carbocycles. The van der Waals surface area contributed by atoms with Crippen molar-refractivity contribution in [1.29, 1.82) is 0 Å². The standard InChI is InChI=1S/C17H25FN6O.HI/c1-3-19-17(21-12-16-22-13-23-24(16)2)20-10-4-5-11-25-15-8-6-14(18)7-9-15;/h6-9,13H,3-5,10-12H2,1-2H3,(H2,19,20,21);1H. The van der Waals surface area contributed by atoms with Gasteiger partial charge in [0.05, 0.1) is 6.61 Å². The van der Waals surface area contributed by atoms with Crippen LogP contribution in [0.1, 0.15) is 25.6 Å². The Morgan fingerprint density at radius 2 is 2.00 bits per heavy atom. The molecule has 9 heteroatoms. The third kappa shape index (κ3) is 7.98. The smallest absolute Gasteiger partial charge is 0.191 e. The fraction of sp³-hybridized carbons (Fsp3) is 0.471. The molecule has 2 aromatic rings. The van der Waals surface area contributed by atoms with E-state index in [1.807, 2.05) is 14.0 Å². The number of aryl methyl sites for hydroxylation is 1. The fourth-order valence-electron chi connectivity index (χ4n) is 2.11. The molecule has 0 fully saturated rings. The van der Waals surface area contributed by atoms with Gasteiger partial charge in [0.1, 0.15) is 30.3 Å². The van der Waals surface area contributed by atoms with Gasteiger partial charge in [-0.15, -0.1) is 24.0 Å². The van der Waals surface area contributed by atoms with E-state index in [1.165, 1.54) is 18.5 Å². The average molecular weight is 476 g/mol. The largest absolute Gasteiger partial charge is 0.494 e. The molecule has 1 aromatic heterocycles. The van der Waals surface area contributed by atoms with Crippen LogP contribution >= 0.6 is 24.0 Å². The highest BCUT2D eigenvalue weighted by Crippen LogP contribution is 2.11. The Hall–Kier alpha value is -1.91. The lowest BCUT2D eigenvalue weighted by molar-refractivity contribution is 0.306. The third-order valence-electron chi connectivity index (χ3n) is 3.47. The van der Waals surface area contributed by atoms with E-state index in [0.29, 0.717) is 18.9 Å². The van der Waals surface area contributed by atoms with Crippen molar-refractivity contribution in [2.45, 2.75) is 26.3 Å². The summed E-state index contributed by atoms with van der Waals surface area (Å²) in [5.74, 6) is 2.00. The molecule has 0 aliphatic rings. The maximum Gasteiger partial charge on any atom is 0.191 e. The van der Waals surface area contributed by atoms with E-state index in [1.54, 1.807) is 16.8 Å². The van der Waals surface area contributed by atoms with Crippen LogP contribution in [-0.2, 0) is 13.6 Å².